The molecule has 0 saturated heterocycles. The highest BCUT2D eigenvalue weighted by atomic mass is 32.2. The number of hydrogen-bond acceptors (Lipinski definition) is 4. The molecule has 2 saturated carbocycles. The average molecular weight is 306 g/mol. The van der Waals surface area contributed by atoms with Gasteiger partial charge in [-0.1, -0.05) is 25.0 Å². The van der Waals surface area contributed by atoms with Crippen LogP contribution < -0.4 is 5.73 Å². The number of aliphatic hydroxyl groups is 1. The largest absolute Gasteiger partial charge is 0.393 e. The van der Waals surface area contributed by atoms with E-state index in [0.717, 1.165) is 18.1 Å². The molecule has 3 rings (SSSR count). The standard InChI is InChI=1S/C11H12N2OS.C5H10O/c12-10(11(13)14)7-1-3-8(4-2-7)15-9-5-6-9;6-5-3-1-2-4-5/h1-4,9,12H,5-6H2,(H2,13,14);5-6H,1-4H2. The van der Waals surface area contributed by atoms with Gasteiger partial charge in [-0.25, -0.2) is 0 Å². The van der Waals surface area contributed by atoms with Crippen LogP contribution in [0.2, 0.25) is 0 Å². The van der Waals surface area contributed by atoms with Crippen LogP contribution in [0.4, 0.5) is 0 Å². The molecule has 0 bridgehead atoms. The minimum absolute atomic E-state index is 0.0463. The zero-order chi connectivity index (χ0) is 15.2. The van der Waals surface area contributed by atoms with Crippen LogP contribution in [-0.2, 0) is 4.79 Å². The Morgan fingerprint density at radius 3 is 2.10 bits per heavy atom. The molecular weight excluding hydrogens is 284 g/mol. The molecule has 0 heterocycles. The molecule has 5 heteroatoms. The van der Waals surface area contributed by atoms with Gasteiger partial charge in [0.2, 0.25) is 0 Å². The van der Waals surface area contributed by atoms with Crippen molar-refractivity contribution in [2.24, 2.45) is 5.73 Å². The van der Waals surface area contributed by atoms with Crippen molar-refractivity contribution in [3.63, 3.8) is 0 Å². The van der Waals surface area contributed by atoms with Crippen molar-refractivity contribution >= 4 is 23.4 Å². The summed E-state index contributed by atoms with van der Waals surface area (Å²) in [5.41, 5.74) is 5.49. The van der Waals surface area contributed by atoms with Gasteiger partial charge in [-0.2, -0.15) is 0 Å². The first-order valence-electron chi connectivity index (χ1n) is 7.40. The number of rotatable bonds is 4. The van der Waals surface area contributed by atoms with Gasteiger partial charge in [-0.3, -0.25) is 10.2 Å². The van der Waals surface area contributed by atoms with E-state index in [0.29, 0.717) is 5.56 Å². The summed E-state index contributed by atoms with van der Waals surface area (Å²) in [5.74, 6) is -0.683. The highest BCUT2D eigenvalue weighted by Gasteiger charge is 2.22. The molecule has 1 amide bonds. The molecule has 1 aromatic rings. The summed E-state index contributed by atoms with van der Waals surface area (Å²) in [6.07, 6.45) is 7.19. The Hall–Kier alpha value is -1.33. The fraction of sp³-hybridized carbons (Fsp3) is 0.500. The summed E-state index contributed by atoms with van der Waals surface area (Å²) in [6, 6.07) is 7.43. The summed E-state index contributed by atoms with van der Waals surface area (Å²) in [5, 5.41) is 16.9. The summed E-state index contributed by atoms with van der Waals surface area (Å²) < 4.78 is 0. The molecule has 2 fully saturated rings. The second-order valence-electron chi connectivity index (χ2n) is 5.52. The van der Waals surface area contributed by atoms with E-state index < -0.39 is 5.91 Å². The Labute approximate surface area is 129 Å². The van der Waals surface area contributed by atoms with Crippen LogP contribution in [0.3, 0.4) is 0 Å². The van der Waals surface area contributed by atoms with Gasteiger partial charge in [0, 0.05) is 15.7 Å². The van der Waals surface area contributed by atoms with Crippen LogP contribution in [0.25, 0.3) is 0 Å². The molecule has 4 N–H and O–H groups in total. The lowest BCUT2D eigenvalue weighted by Gasteiger charge is -2.02. The third-order valence-electron chi connectivity index (χ3n) is 3.54. The Balaban J connectivity index is 0.000000225. The molecule has 1 aromatic carbocycles. The molecule has 4 nitrogen and oxygen atoms in total. The van der Waals surface area contributed by atoms with Crippen LogP contribution in [0, 0.1) is 5.41 Å². The predicted octanol–water partition coefficient (Wildman–Crippen LogP) is 2.72. The molecule has 2 aliphatic rings. The lowest BCUT2D eigenvalue weighted by atomic mass is 10.1. The molecule has 0 aliphatic heterocycles. The van der Waals surface area contributed by atoms with Crippen molar-refractivity contribution in [2.75, 3.05) is 0 Å². The Morgan fingerprint density at radius 2 is 1.71 bits per heavy atom. The smallest absolute Gasteiger partial charge is 0.267 e. The summed E-state index contributed by atoms with van der Waals surface area (Å²) >= 11 is 1.85. The van der Waals surface area contributed by atoms with Gasteiger partial charge in [0.15, 0.2) is 0 Å². The van der Waals surface area contributed by atoms with Crippen LogP contribution in [0.15, 0.2) is 29.2 Å². The van der Waals surface area contributed by atoms with E-state index in [9.17, 15) is 4.79 Å². The van der Waals surface area contributed by atoms with Gasteiger partial charge >= 0.3 is 0 Å². The number of thioether (sulfide) groups is 1. The van der Waals surface area contributed by atoms with Crippen LogP contribution in [0.1, 0.15) is 44.1 Å². The first-order valence-corrected chi connectivity index (χ1v) is 8.27. The lowest BCUT2D eigenvalue weighted by Crippen LogP contribution is -2.22. The zero-order valence-corrected chi connectivity index (χ0v) is 12.9. The number of nitrogens with one attached hydrogen (secondary N) is 1. The van der Waals surface area contributed by atoms with Crippen molar-refractivity contribution in [3.8, 4) is 0 Å². The maximum atomic E-state index is 10.8. The van der Waals surface area contributed by atoms with Gasteiger partial charge < -0.3 is 10.8 Å². The molecule has 21 heavy (non-hydrogen) atoms. The maximum absolute atomic E-state index is 10.8. The summed E-state index contributed by atoms with van der Waals surface area (Å²) in [6.45, 7) is 0. The Kier molecular flexibility index (Phi) is 5.82. The molecular formula is C16H22N2O2S. The van der Waals surface area contributed by atoms with Crippen LogP contribution in [-0.4, -0.2) is 28.1 Å². The number of aliphatic hydroxyl groups excluding tert-OH is 1. The molecule has 0 unspecified atom stereocenters. The highest BCUT2D eigenvalue weighted by Crippen LogP contribution is 2.38. The topological polar surface area (TPSA) is 87.2 Å². The molecule has 2 aliphatic carbocycles. The monoisotopic (exact) mass is 306 g/mol. The maximum Gasteiger partial charge on any atom is 0.267 e. The number of hydrogen-bond donors (Lipinski definition) is 3. The number of carbonyl (C=O) groups excluding carboxylic acids is 1. The second kappa shape index (κ2) is 7.61. The Morgan fingerprint density at radius 1 is 1.14 bits per heavy atom. The fourth-order valence-electron chi connectivity index (χ4n) is 2.13. The molecule has 0 radical (unpaired) electrons. The van der Waals surface area contributed by atoms with Crippen molar-refractivity contribution < 1.29 is 9.90 Å². The number of amides is 1. The number of primary amides is 1. The van der Waals surface area contributed by atoms with E-state index in [4.69, 9.17) is 16.2 Å². The zero-order valence-electron chi connectivity index (χ0n) is 12.0. The number of carbonyl (C=O) groups is 1. The predicted molar refractivity (Wildman–Crippen MR) is 85.8 cm³/mol. The average Bonchev–Trinajstić information content (AvgIpc) is 3.16. The van der Waals surface area contributed by atoms with E-state index in [2.05, 4.69) is 0 Å². The minimum atomic E-state index is -0.683. The number of nitrogens with two attached hydrogens (primary N) is 1. The van der Waals surface area contributed by atoms with E-state index in [-0.39, 0.29) is 11.8 Å². The van der Waals surface area contributed by atoms with Gasteiger partial charge in [0.05, 0.1) is 6.10 Å². The molecule has 0 aromatic heterocycles. The van der Waals surface area contributed by atoms with Crippen LogP contribution >= 0.6 is 11.8 Å². The SMILES string of the molecule is N=C(C(N)=O)c1ccc(SC2CC2)cc1.OC1CCCC1. The first-order chi connectivity index (χ1) is 10.1. The third kappa shape index (κ3) is 5.52. The summed E-state index contributed by atoms with van der Waals surface area (Å²) in [4.78, 5) is 12.0. The van der Waals surface area contributed by atoms with E-state index in [1.165, 1.54) is 30.6 Å². The first kappa shape index (κ1) is 16.0. The number of benzene rings is 1. The van der Waals surface area contributed by atoms with Gasteiger partial charge in [0.1, 0.15) is 5.71 Å². The van der Waals surface area contributed by atoms with Crippen molar-refractivity contribution in [3.05, 3.63) is 29.8 Å². The van der Waals surface area contributed by atoms with E-state index in [1.54, 1.807) is 12.1 Å². The van der Waals surface area contributed by atoms with Gasteiger partial charge in [0.25, 0.3) is 5.91 Å². The van der Waals surface area contributed by atoms with Crippen LogP contribution in [0.5, 0.6) is 0 Å². The van der Waals surface area contributed by atoms with Crippen molar-refractivity contribution in [1.29, 1.82) is 5.41 Å². The second-order valence-corrected chi connectivity index (χ2v) is 6.89. The van der Waals surface area contributed by atoms with E-state index in [1.807, 2.05) is 23.9 Å². The third-order valence-corrected chi connectivity index (χ3v) is 4.89. The lowest BCUT2D eigenvalue weighted by molar-refractivity contribution is -0.112. The van der Waals surface area contributed by atoms with E-state index >= 15 is 0 Å². The Bertz CT molecular complexity index is 492. The molecule has 0 atom stereocenters. The molecule has 114 valence electrons. The van der Waals surface area contributed by atoms with Gasteiger partial charge in [-0.15, -0.1) is 11.8 Å². The van der Waals surface area contributed by atoms with Crippen molar-refractivity contribution in [1.82, 2.24) is 0 Å². The molecule has 0 spiro atoms. The van der Waals surface area contributed by atoms with Gasteiger partial charge in [-0.05, 0) is 37.8 Å². The highest BCUT2D eigenvalue weighted by molar-refractivity contribution is 8.00. The van der Waals surface area contributed by atoms with Crippen molar-refractivity contribution in [2.45, 2.75) is 54.8 Å². The quantitative estimate of drug-likeness (QED) is 0.747. The normalized spacial score (nSPS) is 18.0. The fourth-order valence-corrected chi connectivity index (χ4v) is 3.17. The summed E-state index contributed by atoms with van der Waals surface area (Å²) in [7, 11) is 0. The minimum Gasteiger partial charge on any atom is -0.393 e.